The van der Waals surface area contributed by atoms with Crippen LogP contribution in [0.25, 0.3) is 0 Å². The second-order valence-corrected chi connectivity index (χ2v) is 5.76. The molecule has 120 valence electrons. The average Bonchev–Trinajstić information content (AvgIpc) is 2.41. The highest BCUT2D eigenvalue weighted by Crippen LogP contribution is 2.13. The van der Waals surface area contributed by atoms with Gasteiger partial charge in [-0.15, -0.1) is 12.4 Å². The molecule has 0 aliphatic rings. The van der Waals surface area contributed by atoms with E-state index in [2.05, 4.69) is 12.2 Å². The third-order valence-electron chi connectivity index (χ3n) is 2.78. The number of aryl methyl sites for hydroxylation is 1. The van der Waals surface area contributed by atoms with E-state index in [4.69, 9.17) is 10.5 Å². The summed E-state index contributed by atoms with van der Waals surface area (Å²) >= 11 is 0. The van der Waals surface area contributed by atoms with Crippen molar-refractivity contribution in [3.05, 3.63) is 29.8 Å². The van der Waals surface area contributed by atoms with Crippen LogP contribution in [-0.4, -0.2) is 24.6 Å². The molecular formula is C16H27ClN2O2. The van der Waals surface area contributed by atoms with E-state index >= 15 is 0 Å². The quantitative estimate of drug-likeness (QED) is 0.775. The summed E-state index contributed by atoms with van der Waals surface area (Å²) in [5.74, 6) is 0.916. The first-order valence-electron chi connectivity index (χ1n) is 7.18. The SMILES string of the molecule is CCCOc1ccc(CCC(=O)NCC(C)(C)N)cc1.Cl. The molecule has 0 unspecified atom stereocenters. The Morgan fingerprint density at radius 1 is 1.29 bits per heavy atom. The monoisotopic (exact) mass is 314 g/mol. The van der Waals surface area contributed by atoms with E-state index in [0.717, 1.165) is 30.8 Å². The summed E-state index contributed by atoms with van der Waals surface area (Å²) in [6.07, 6.45) is 2.20. The third kappa shape index (κ3) is 9.32. The zero-order valence-electron chi connectivity index (χ0n) is 13.1. The van der Waals surface area contributed by atoms with E-state index in [-0.39, 0.29) is 23.9 Å². The number of nitrogens with two attached hydrogens (primary N) is 1. The van der Waals surface area contributed by atoms with Crippen LogP contribution >= 0.6 is 12.4 Å². The van der Waals surface area contributed by atoms with Crippen LogP contribution in [0, 0.1) is 0 Å². The molecule has 0 aromatic heterocycles. The van der Waals surface area contributed by atoms with Crippen LogP contribution in [-0.2, 0) is 11.2 Å². The van der Waals surface area contributed by atoms with Gasteiger partial charge in [-0.3, -0.25) is 4.79 Å². The van der Waals surface area contributed by atoms with Crippen molar-refractivity contribution < 1.29 is 9.53 Å². The van der Waals surface area contributed by atoms with Crippen LogP contribution in [0.4, 0.5) is 0 Å². The summed E-state index contributed by atoms with van der Waals surface area (Å²) in [6, 6.07) is 7.91. The van der Waals surface area contributed by atoms with E-state index in [1.54, 1.807) is 0 Å². The summed E-state index contributed by atoms with van der Waals surface area (Å²) in [6.45, 7) is 7.09. The lowest BCUT2D eigenvalue weighted by molar-refractivity contribution is -0.121. The van der Waals surface area contributed by atoms with Crippen LogP contribution in [0.2, 0.25) is 0 Å². The number of hydrogen-bond acceptors (Lipinski definition) is 3. The highest BCUT2D eigenvalue weighted by molar-refractivity contribution is 5.85. The van der Waals surface area contributed by atoms with Gasteiger partial charge >= 0.3 is 0 Å². The molecule has 1 amide bonds. The normalized spacial score (nSPS) is 10.7. The molecule has 3 N–H and O–H groups in total. The van der Waals surface area contributed by atoms with Gasteiger partial charge in [-0.05, 0) is 44.4 Å². The molecule has 0 aliphatic heterocycles. The van der Waals surface area contributed by atoms with Gasteiger partial charge in [0.25, 0.3) is 0 Å². The minimum atomic E-state index is -0.367. The molecule has 0 bridgehead atoms. The Kier molecular flexibility index (Phi) is 9.06. The zero-order valence-corrected chi connectivity index (χ0v) is 14.0. The molecule has 0 fully saturated rings. The topological polar surface area (TPSA) is 64.3 Å². The number of rotatable bonds is 8. The van der Waals surface area contributed by atoms with E-state index in [1.807, 2.05) is 38.1 Å². The average molecular weight is 315 g/mol. The highest BCUT2D eigenvalue weighted by atomic mass is 35.5. The highest BCUT2D eigenvalue weighted by Gasteiger charge is 2.12. The minimum Gasteiger partial charge on any atom is -0.494 e. The number of nitrogens with one attached hydrogen (secondary N) is 1. The van der Waals surface area contributed by atoms with E-state index < -0.39 is 0 Å². The first-order valence-corrected chi connectivity index (χ1v) is 7.18. The molecule has 0 aliphatic carbocycles. The minimum absolute atomic E-state index is 0. The lowest BCUT2D eigenvalue weighted by Crippen LogP contribution is -2.45. The lowest BCUT2D eigenvalue weighted by atomic mass is 10.1. The molecule has 1 aromatic carbocycles. The zero-order chi connectivity index (χ0) is 15.0. The van der Waals surface area contributed by atoms with Crippen molar-refractivity contribution in [2.24, 2.45) is 5.73 Å². The molecule has 0 spiro atoms. The Morgan fingerprint density at radius 3 is 2.43 bits per heavy atom. The van der Waals surface area contributed by atoms with Crippen molar-refractivity contribution in [3.63, 3.8) is 0 Å². The van der Waals surface area contributed by atoms with Gasteiger partial charge in [0.2, 0.25) is 5.91 Å². The van der Waals surface area contributed by atoms with Crippen molar-refractivity contribution in [1.82, 2.24) is 5.32 Å². The van der Waals surface area contributed by atoms with E-state index in [9.17, 15) is 4.79 Å². The Morgan fingerprint density at radius 2 is 1.90 bits per heavy atom. The maximum absolute atomic E-state index is 11.7. The number of carbonyl (C=O) groups is 1. The Labute approximate surface area is 133 Å². The first-order chi connectivity index (χ1) is 9.40. The Balaban J connectivity index is 0.00000400. The standard InChI is InChI=1S/C16H26N2O2.ClH/c1-4-11-20-14-8-5-13(6-9-14)7-10-15(19)18-12-16(2,3)17;/h5-6,8-9H,4,7,10-12,17H2,1-3H3,(H,18,19);1H. The second kappa shape index (κ2) is 9.64. The summed E-state index contributed by atoms with van der Waals surface area (Å²) < 4.78 is 5.52. The molecule has 0 saturated carbocycles. The van der Waals surface area contributed by atoms with Gasteiger partial charge in [-0.25, -0.2) is 0 Å². The van der Waals surface area contributed by atoms with Crippen LogP contribution in [0.5, 0.6) is 5.75 Å². The molecule has 0 radical (unpaired) electrons. The number of halogens is 1. The second-order valence-electron chi connectivity index (χ2n) is 5.76. The van der Waals surface area contributed by atoms with Gasteiger partial charge in [-0.2, -0.15) is 0 Å². The van der Waals surface area contributed by atoms with Gasteiger partial charge in [0, 0.05) is 18.5 Å². The van der Waals surface area contributed by atoms with Gasteiger partial charge in [0.15, 0.2) is 0 Å². The Bertz CT molecular complexity index is 413. The van der Waals surface area contributed by atoms with Crippen LogP contribution < -0.4 is 15.8 Å². The number of hydrogen-bond donors (Lipinski definition) is 2. The van der Waals surface area contributed by atoms with Crippen LogP contribution in [0.3, 0.4) is 0 Å². The largest absolute Gasteiger partial charge is 0.494 e. The fourth-order valence-corrected chi connectivity index (χ4v) is 1.64. The lowest BCUT2D eigenvalue weighted by Gasteiger charge is -2.18. The van der Waals surface area contributed by atoms with Crippen LogP contribution in [0.15, 0.2) is 24.3 Å². The molecule has 1 aromatic rings. The summed E-state index contributed by atoms with van der Waals surface area (Å²) in [5, 5.41) is 2.84. The summed E-state index contributed by atoms with van der Waals surface area (Å²) in [4.78, 5) is 11.7. The van der Waals surface area contributed by atoms with E-state index in [1.165, 1.54) is 0 Å². The molecule has 5 heteroatoms. The third-order valence-corrected chi connectivity index (χ3v) is 2.78. The smallest absolute Gasteiger partial charge is 0.220 e. The predicted molar refractivity (Wildman–Crippen MR) is 89.1 cm³/mol. The molecule has 1 rings (SSSR count). The number of amides is 1. The van der Waals surface area contributed by atoms with Gasteiger partial charge < -0.3 is 15.8 Å². The summed E-state index contributed by atoms with van der Waals surface area (Å²) in [7, 11) is 0. The number of ether oxygens (including phenoxy) is 1. The maximum Gasteiger partial charge on any atom is 0.220 e. The van der Waals surface area contributed by atoms with E-state index in [0.29, 0.717) is 13.0 Å². The fraction of sp³-hybridized carbons (Fsp3) is 0.562. The van der Waals surface area contributed by atoms with Gasteiger partial charge in [-0.1, -0.05) is 19.1 Å². The molecule has 0 saturated heterocycles. The van der Waals surface area contributed by atoms with Crippen molar-refractivity contribution in [1.29, 1.82) is 0 Å². The summed E-state index contributed by atoms with van der Waals surface area (Å²) in [5.41, 5.74) is 6.59. The van der Waals surface area contributed by atoms with Crippen molar-refractivity contribution in [3.8, 4) is 5.75 Å². The Hall–Kier alpha value is -1.26. The molecule has 0 atom stereocenters. The van der Waals surface area contributed by atoms with Crippen molar-refractivity contribution >= 4 is 18.3 Å². The number of carbonyl (C=O) groups excluding carboxylic acids is 1. The van der Waals surface area contributed by atoms with Crippen molar-refractivity contribution in [2.75, 3.05) is 13.2 Å². The molecule has 0 heterocycles. The maximum atomic E-state index is 11.7. The van der Waals surface area contributed by atoms with Gasteiger partial charge in [0.05, 0.1) is 6.61 Å². The first kappa shape index (κ1) is 19.7. The van der Waals surface area contributed by atoms with Gasteiger partial charge in [0.1, 0.15) is 5.75 Å². The molecule has 4 nitrogen and oxygen atoms in total. The number of benzene rings is 1. The molecular weight excluding hydrogens is 288 g/mol. The molecule has 21 heavy (non-hydrogen) atoms. The van der Waals surface area contributed by atoms with Crippen LogP contribution in [0.1, 0.15) is 39.2 Å². The fourth-order valence-electron chi connectivity index (χ4n) is 1.64. The van der Waals surface area contributed by atoms with Crippen molar-refractivity contribution in [2.45, 2.75) is 45.6 Å². The predicted octanol–water partition coefficient (Wildman–Crippen LogP) is 2.68.